The van der Waals surface area contributed by atoms with E-state index in [2.05, 4.69) is 24.2 Å². The second kappa shape index (κ2) is 7.24. The van der Waals surface area contributed by atoms with Crippen LogP contribution in [0, 0.1) is 5.92 Å². The molecule has 1 fully saturated rings. The van der Waals surface area contributed by atoms with Crippen LogP contribution >= 0.6 is 0 Å². The Hall–Kier alpha value is -0.0800. The zero-order valence-corrected chi connectivity index (χ0v) is 9.89. The Kier molecular flexibility index (Phi) is 6.20. The Labute approximate surface area is 89.1 Å². The topological polar surface area (TPSA) is 15.3 Å². The van der Waals surface area contributed by atoms with E-state index >= 15 is 0 Å². The minimum Gasteiger partial charge on any atom is -0.320 e. The van der Waals surface area contributed by atoms with E-state index in [9.17, 15) is 0 Å². The van der Waals surface area contributed by atoms with Gasteiger partial charge in [0.1, 0.15) is 0 Å². The van der Waals surface area contributed by atoms with Gasteiger partial charge >= 0.3 is 0 Å². The maximum absolute atomic E-state index is 3.25. The van der Waals surface area contributed by atoms with Crippen LogP contribution in [0.3, 0.4) is 0 Å². The van der Waals surface area contributed by atoms with Crippen molar-refractivity contribution in [2.24, 2.45) is 5.92 Å². The normalized spacial score (nSPS) is 24.0. The highest BCUT2D eigenvalue weighted by Crippen LogP contribution is 2.19. The number of unbranched alkanes of at least 4 members (excludes halogenated alkanes) is 1. The Morgan fingerprint density at radius 1 is 1.43 bits per heavy atom. The van der Waals surface area contributed by atoms with Gasteiger partial charge < -0.3 is 10.2 Å². The second-order valence-corrected chi connectivity index (χ2v) is 4.55. The van der Waals surface area contributed by atoms with Crippen molar-refractivity contribution in [3.63, 3.8) is 0 Å². The molecule has 1 unspecified atom stereocenters. The molecule has 84 valence electrons. The highest BCUT2D eigenvalue weighted by atomic mass is 15.1. The minimum atomic E-state index is 0.952. The summed E-state index contributed by atoms with van der Waals surface area (Å²) in [5, 5.41) is 3.25. The number of likely N-dealkylation sites (tertiary alicyclic amines) is 1. The molecule has 0 saturated carbocycles. The van der Waals surface area contributed by atoms with Crippen molar-refractivity contribution in [1.82, 2.24) is 10.2 Å². The van der Waals surface area contributed by atoms with Crippen molar-refractivity contribution in [2.75, 3.05) is 33.2 Å². The number of hydrogen-bond donors (Lipinski definition) is 1. The molecule has 1 heterocycles. The van der Waals surface area contributed by atoms with Crippen LogP contribution in [0.2, 0.25) is 0 Å². The van der Waals surface area contributed by atoms with E-state index in [0.29, 0.717) is 0 Å². The van der Waals surface area contributed by atoms with Crippen LogP contribution in [0.15, 0.2) is 0 Å². The summed E-state index contributed by atoms with van der Waals surface area (Å²) in [6.45, 7) is 7.49. The van der Waals surface area contributed by atoms with E-state index in [4.69, 9.17) is 0 Å². The number of hydrogen-bond acceptors (Lipinski definition) is 2. The van der Waals surface area contributed by atoms with Gasteiger partial charge in [-0.15, -0.1) is 0 Å². The van der Waals surface area contributed by atoms with Gasteiger partial charge in [-0.3, -0.25) is 0 Å². The summed E-state index contributed by atoms with van der Waals surface area (Å²) in [6.07, 6.45) is 6.93. The average Bonchev–Trinajstić information content (AvgIpc) is 2.24. The SMILES string of the molecule is CCCCN1CCCC(CCNC)C1. The molecule has 1 aliphatic rings. The molecule has 1 atom stereocenters. The van der Waals surface area contributed by atoms with Gasteiger partial charge in [0.15, 0.2) is 0 Å². The van der Waals surface area contributed by atoms with Gasteiger partial charge in [-0.05, 0) is 58.3 Å². The molecule has 14 heavy (non-hydrogen) atoms. The first kappa shape index (κ1) is 12.0. The Bertz CT molecular complexity index is 122. The first-order valence-corrected chi connectivity index (χ1v) is 6.23. The molecule has 0 radical (unpaired) electrons. The lowest BCUT2D eigenvalue weighted by atomic mass is 9.94. The average molecular weight is 198 g/mol. The first-order chi connectivity index (χ1) is 6.86. The molecular formula is C12H26N2. The largest absolute Gasteiger partial charge is 0.320 e. The van der Waals surface area contributed by atoms with E-state index in [0.717, 1.165) is 5.92 Å². The molecule has 1 aliphatic heterocycles. The highest BCUT2D eigenvalue weighted by Gasteiger charge is 2.18. The van der Waals surface area contributed by atoms with E-state index < -0.39 is 0 Å². The third kappa shape index (κ3) is 4.43. The summed E-state index contributed by atoms with van der Waals surface area (Å²) in [4.78, 5) is 2.66. The molecule has 2 heteroatoms. The lowest BCUT2D eigenvalue weighted by Gasteiger charge is -2.32. The molecular weight excluding hydrogens is 172 g/mol. The summed E-state index contributed by atoms with van der Waals surface area (Å²) in [7, 11) is 2.05. The van der Waals surface area contributed by atoms with Crippen molar-refractivity contribution in [3.8, 4) is 0 Å². The van der Waals surface area contributed by atoms with Crippen LogP contribution in [0.1, 0.15) is 39.0 Å². The standard InChI is InChI=1S/C12H26N2/c1-3-4-9-14-10-5-6-12(11-14)7-8-13-2/h12-13H,3-11H2,1-2H3. The van der Waals surface area contributed by atoms with Gasteiger partial charge in [0, 0.05) is 6.54 Å². The van der Waals surface area contributed by atoms with E-state index in [1.165, 1.54) is 58.3 Å². The highest BCUT2D eigenvalue weighted by molar-refractivity contribution is 4.73. The van der Waals surface area contributed by atoms with Gasteiger partial charge in [-0.1, -0.05) is 13.3 Å². The van der Waals surface area contributed by atoms with Crippen molar-refractivity contribution in [1.29, 1.82) is 0 Å². The number of nitrogens with one attached hydrogen (secondary N) is 1. The molecule has 1 N–H and O–H groups in total. The third-order valence-corrected chi connectivity index (χ3v) is 3.23. The lowest BCUT2D eigenvalue weighted by molar-refractivity contribution is 0.167. The molecule has 0 bridgehead atoms. The molecule has 1 rings (SSSR count). The van der Waals surface area contributed by atoms with Crippen molar-refractivity contribution in [3.05, 3.63) is 0 Å². The Morgan fingerprint density at radius 3 is 3.00 bits per heavy atom. The second-order valence-electron chi connectivity index (χ2n) is 4.55. The van der Waals surface area contributed by atoms with Gasteiger partial charge in [0.25, 0.3) is 0 Å². The van der Waals surface area contributed by atoms with Gasteiger partial charge in [0.05, 0.1) is 0 Å². The van der Waals surface area contributed by atoms with E-state index in [1.54, 1.807) is 0 Å². The minimum absolute atomic E-state index is 0.952. The fraction of sp³-hybridized carbons (Fsp3) is 1.00. The first-order valence-electron chi connectivity index (χ1n) is 6.23. The van der Waals surface area contributed by atoms with Gasteiger partial charge in [-0.2, -0.15) is 0 Å². The molecule has 0 aliphatic carbocycles. The lowest BCUT2D eigenvalue weighted by Crippen LogP contribution is -2.36. The summed E-state index contributed by atoms with van der Waals surface area (Å²) in [5.74, 6) is 0.952. The Morgan fingerprint density at radius 2 is 2.29 bits per heavy atom. The number of piperidine rings is 1. The monoisotopic (exact) mass is 198 g/mol. The summed E-state index contributed by atoms with van der Waals surface area (Å²) < 4.78 is 0. The van der Waals surface area contributed by atoms with Crippen molar-refractivity contribution >= 4 is 0 Å². The van der Waals surface area contributed by atoms with E-state index in [-0.39, 0.29) is 0 Å². The number of rotatable bonds is 6. The van der Waals surface area contributed by atoms with Crippen LogP contribution < -0.4 is 5.32 Å². The van der Waals surface area contributed by atoms with Crippen LogP contribution in [0.25, 0.3) is 0 Å². The van der Waals surface area contributed by atoms with Crippen LogP contribution in [-0.2, 0) is 0 Å². The maximum atomic E-state index is 3.25. The molecule has 1 saturated heterocycles. The smallest absolute Gasteiger partial charge is 0.00101 e. The van der Waals surface area contributed by atoms with Gasteiger partial charge in [-0.25, -0.2) is 0 Å². The van der Waals surface area contributed by atoms with Crippen molar-refractivity contribution < 1.29 is 0 Å². The van der Waals surface area contributed by atoms with E-state index in [1.807, 2.05) is 0 Å². The fourth-order valence-electron chi connectivity index (χ4n) is 2.32. The maximum Gasteiger partial charge on any atom is 0.00101 e. The molecule has 0 spiro atoms. The molecule has 0 aromatic heterocycles. The van der Waals surface area contributed by atoms with Crippen LogP contribution in [0.4, 0.5) is 0 Å². The number of nitrogens with zero attached hydrogens (tertiary/aromatic N) is 1. The Balaban J connectivity index is 2.14. The van der Waals surface area contributed by atoms with Crippen molar-refractivity contribution in [2.45, 2.75) is 39.0 Å². The van der Waals surface area contributed by atoms with Crippen LogP contribution in [-0.4, -0.2) is 38.1 Å². The van der Waals surface area contributed by atoms with Crippen LogP contribution in [0.5, 0.6) is 0 Å². The molecule has 0 amide bonds. The van der Waals surface area contributed by atoms with Gasteiger partial charge in [0.2, 0.25) is 0 Å². The summed E-state index contributed by atoms with van der Waals surface area (Å²) >= 11 is 0. The zero-order valence-electron chi connectivity index (χ0n) is 9.89. The summed E-state index contributed by atoms with van der Waals surface area (Å²) in [6, 6.07) is 0. The fourth-order valence-corrected chi connectivity index (χ4v) is 2.32. The molecule has 0 aromatic rings. The predicted molar refractivity (Wildman–Crippen MR) is 62.6 cm³/mol. The quantitative estimate of drug-likeness (QED) is 0.703. The predicted octanol–water partition coefficient (Wildman–Crippen LogP) is 2.11. The zero-order chi connectivity index (χ0) is 10.2. The molecule has 0 aromatic carbocycles. The summed E-state index contributed by atoms with van der Waals surface area (Å²) in [5.41, 5.74) is 0. The molecule has 2 nitrogen and oxygen atoms in total. The third-order valence-electron chi connectivity index (χ3n) is 3.23.